The van der Waals surface area contributed by atoms with Crippen LogP contribution in [-0.4, -0.2) is 21.9 Å². The Morgan fingerprint density at radius 2 is 2.26 bits per heavy atom. The fraction of sp³-hybridized carbons (Fsp3) is 0.462. The summed E-state index contributed by atoms with van der Waals surface area (Å²) in [7, 11) is 0. The van der Waals surface area contributed by atoms with Gasteiger partial charge in [-0.1, -0.05) is 19.1 Å². The molecule has 0 bridgehead atoms. The van der Waals surface area contributed by atoms with E-state index in [9.17, 15) is 20.0 Å². The van der Waals surface area contributed by atoms with Gasteiger partial charge in [0.25, 0.3) is 5.69 Å². The lowest BCUT2D eigenvalue weighted by Gasteiger charge is -2.15. The van der Waals surface area contributed by atoms with Crippen molar-refractivity contribution in [2.45, 2.75) is 18.8 Å². The Morgan fingerprint density at radius 3 is 2.68 bits per heavy atom. The molecular weight excluding hydrogens is 270 g/mol. The third kappa shape index (κ3) is 1.98. The Labute approximate surface area is 115 Å². The van der Waals surface area contributed by atoms with Gasteiger partial charge in [-0.05, 0) is 17.9 Å². The number of nitro groups is 1. The summed E-state index contributed by atoms with van der Waals surface area (Å²) in [4.78, 5) is 21.7. The van der Waals surface area contributed by atoms with Crippen molar-refractivity contribution in [2.24, 2.45) is 11.8 Å². The molecule has 2 rings (SSSR count). The van der Waals surface area contributed by atoms with E-state index in [-0.39, 0.29) is 17.5 Å². The predicted molar refractivity (Wildman–Crippen MR) is 70.4 cm³/mol. The standard InChI is InChI=1S/C13H14ClNO4/c1-2-13(10(7-14)11(13)12(16)17)8-4-3-5-9(6-8)15(18)19/h3-6,10-11H,2,7H2,1H3,(H,16,17). The largest absolute Gasteiger partial charge is 0.481 e. The van der Waals surface area contributed by atoms with Crippen LogP contribution in [0.25, 0.3) is 0 Å². The number of non-ortho nitro benzene ring substituents is 1. The summed E-state index contributed by atoms with van der Waals surface area (Å²) >= 11 is 5.86. The number of nitrogens with zero attached hydrogens (tertiary/aromatic N) is 1. The number of hydrogen-bond donors (Lipinski definition) is 1. The number of carboxylic acids is 1. The Bertz CT molecular complexity index is 533. The third-order valence-electron chi connectivity index (χ3n) is 4.12. The highest BCUT2D eigenvalue weighted by Gasteiger charge is 2.67. The maximum Gasteiger partial charge on any atom is 0.307 e. The van der Waals surface area contributed by atoms with Gasteiger partial charge in [0.2, 0.25) is 0 Å². The second-order valence-electron chi connectivity index (χ2n) is 4.78. The van der Waals surface area contributed by atoms with E-state index >= 15 is 0 Å². The molecule has 0 saturated heterocycles. The second-order valence-corrected chi connectivity index (χ2v) is 5.09. The lowest BCUT2D eigenvalue weighted by molar-refractivity contribution is -0.384. The number of benzene rings is 1. The van der Waals surface area contributed by atoms with E-state index in [4.69, 9.17) is 11.6 Å². The van der Waals surface area contributed by atoms with Crippen LogP contribution < -0.4 is 0 Å². The van der Waals surface area contributed by atoms with Gasteiger partial charge >= 0.3 is 5.97 Å². The fourth-order valence-corrected chi connectivity index (χ4v) is 3.58. The van der Waals surface area contributed by atoms with E-state index in [1.54, 1.807) is 12.1 Å². The molecular formula is C13H14ClNO4. The minimum absolute atomic E-state index is 0.0188. The van der Waals surface area contributed by atoms with Crippen molar-refractivity contribution in [3.63, 3.8) is 0 Å². The summed E-state index contributed by atoms with van der Waals surface area (Å²) in [5, 5.41) is 20.1. The molecule has 1 saturated carbocycles. The monoisotopic (exact) mass is 283 g/mol. The molecule has 5 nitrogen and oxygen atoms in total. The number of alkyl halides is 1. The Hall–Kier alpha value is -1.62. The van der Waals surface area contributed by atoms with Crippen LogP contribution in [0.1, 0.15) is 18.9 Å². The van der Waals surface area contributed by atoms with Crippen LogP contribution in [0.2, 0.25) is 0 Å². The smallest absolute Gasteiger partial charge is 0.307 e. The lowest BCUT2D eigenvalue weighted by Crippen LogP contribution is -2.15. The summed E-state index contributed by atoms with van der Waals surface area (Å²) in [6.45, 7) is 1.89. The highest BCUT2D eigenvalue weighted by molar-refractivity contribution is 6.18. The third-order valence-corrected chi connectivity index (χ3v) is 4.45. The van der Waals surface area contributed by atoms with E-state index in [2.05, 4.69) is 0 Å². The molecule has 19 heavy (non-hydrogen) atoms. The highest BCUT2D eigenvalue weighted by Crippen LogP contribution is 2.62. The van der Waals surface area contributed by atoms with E-state index in [0.717, 1.165) is 0 Å². The van der Waals surface area contributed by atoms with Crippen molar-refractivity contribution in [1.82, 2.24) is 0 Å². The fourth-order valence-electron chi connectivity index (χ4n) is 3.13. The zero-order valence-corrected chi connectivity index (χ0v) is 11.1. The van der Waals surface area contributed by atoms with E-state index in [1.807, 2.05) is 6.92 Å². The molecule has 1 N–H and O–H groups in total. The molecule has 0 spiro atoms. The van der Waals surface area contributed by atoms with E-state index in [1.165, 1.54) is 12.1 Å². The van der Waals surface area contributed by atoms with E-state index < -0.39 is 22.2 Å². The average Bonchev–Trinajstić information content (AvgIpc) is 3.08. The molecule has 1 aromatic carbocycles. The van der Waals surface area contributed by atoms with Gasteiger partial charge < -0.3 is 5.11 Å². The first-order valence-corrected chi connectivity index (χ1v) is 6.56. The molecule has 3 unspecified atom stereocenters. The average molecular weight is 284 g/mol. The Balaban J connectivity index is 2.46. The summed E-state index contributed by atoms with van der Waals surface area (Å²) in [6.07, 6.45) is 0.600. The van der Waals surface area contributed by atoms with Gasteiger partial charge in [0, 0.05) is 23.4 Å². The van der Waals surface area contributed by atoms with Crippen LogP contribution in [0, 0.1) is 22.0 Å². The van der Waals surface area contributed by atoms with Gasteiger partial charge in [0.1, 0.15) is 0 Å². The summed E-state index contributed by atoms with van der Waals surface area (Å²) < 4.78 is 0. The van der Waals surface area contributed by atoms with E-state index in [0.29, 0.717) is 12.0 Å². The first-order valence-electron chi connectivity index (χ1n) is 6.02. The molecule has 0 aliphatic heterocycles. The molecule has 1 aromatic rings. The van der Waals surface area contributed by atoms with Crippen molar-refractivity contribution in [3.05, 3.63) is 39.9 Å². The van der Waals surface area contributed by atoms with Crippen molar-refractivity contribution in [1.29, 1.82) is 0 Å². The molecule has 6 heteroatoms. The quantitative estimate of drug-likeness (QED) is 0.512. The molecule has 0 radical (unpaired) electrons. The molecule has 1 fully saturated rings. The topological polar surface area (TPSA) is 80.4 Å². The number of carboxylic acid groups (broad SMARTS) is 1. The summed E-state index contributed by atoms with van der Waals surface area (Å²) in [6, 6.07) is 6.21. The molecule has 0 aromatic heterocycles. The number of aliphatic carboxylic acids is 1. The number of hydrogen-bond acceptors (Lipinski definition) is 3. The van der Waals surface area contributed by atoms with Gasteiger partial charge in [-0.2, -0.15) is 0 Å². The van der Waals surface area contributed by atoms with Crippen LogP contribution >= 0.6 is 11.6 Å². The highest BCUT2D eigenvalue weighted by atomic mass is 35.5. The van der Waals surface area contributed by atoms with Crippen LogP contribution in [0.15, 0.2) is 24.3 Å². The van der Waals surface area contributed by atoms with Crippen molar-refractivity contribution in [3.8, 4) is 0 Å². The minimum atomic E-state index is -0.890. The molecule has 0 amide bonds. The van der Waals surface area contributed by atoms with Crippen LogP contribution in [0.5, 0.6) is 0 Å². The zero-order valence-electron chi connectivity index (χ0n) is 10.4. The number of halogens is 1. The minimum Gasteiger partial charge on any atom is -0.481 e. The van der Waals surface area contributed by atoms with Gasteiger partial charge in [-0.15, -0.1) is 11.6 Å². The second kappa shape index (κ2) is 4.81. The maximum atomic E-state index is 11.3. The normalized spacial score (nSPS) is 28.9. The Morgan fingerprint density at radius 1 is 1.58 bits per heavy atom. The first kappa shape index (κ1) is 13.8. The Kier molecular flexibility index (Phi) is 3.49. The number of nitro benzene ring substituents is 1. The van der Waals surface area contributed by atoms with Crippen LogP contribution in [0.3, 0.4) is 0 Å². The molecule has 1 aliphatic rings. The number of rotatable bonds is 5. The summed E-state index contributed by atoms with van der Waals surface area (Å²) in [5.41, 5.74) is 0.108. The van der Waals surface area contributed by atoms with Gasteiger partial charge in [-0.25, -0.2) is 0 Å². The SMILES string of the molecule is CCC1(c2cccc([N+](=O)[O-])c2)C(CCl)C1C(=O)O. The van der Waals surface area contributed by atoms with Crippen molar-refractivity contribution in [2.75, 3.05) is 5.88 Å². The van der Waals surface area contributed by atoms with Gasteiger partial charge in [-0.3, -0.25) is 14.9 Å². The van der Waals surface area contributed by atoms with Gasteiger partial charge in [0.15, 0.2) is 0 Å². The molecule has 102 valence electrons. The maximum absolute atomic E-state index is 11.3. The zero-order chi connectivity index (χ0) is 14.2. The lowest BCUT2D eigenvalue weighted by atomic mass is 9.88. The molecule has 1 aliphatic carbocycles. The van der Waals surface area contributed by atoms with Crippen molar-refractivity contribution < 1.29 is 14.8 Å². The predicted octanol–water partition coefficient (Wildman–Crippen LogP) is 2.81. The van der Waals surface area contributed by atoms with Gasteiger partial charge in [0.05, 0.1) is 10.8 Å². The molecule has 3 atom stereocenters. The van der Waals surface area contributed by atoms with Crippen LogP contribution in [0.4, 0.5) is 5.69 Å². The summed E-state index contributed by atoms with van der Waals surface area (Å²) in [5.74, 6) is -1.37. The van der Waals surface area contributed by atoms with Crippen molar-refractivity contribution >= 4 is 23.3 Å². The van der Waals surface area contributed by atoms with Crippen LogP contribution in [-0.2, 0) is 10.2 Å². The first-order chi connectivity index (χ1) is 8.98. The molecule has 0 heterocycles. The number of carbonyl (C=O) groups is 1.